The molecule has 0 atom stereocenters. The molecule has 2 aromatic rings. The fourth-order valence-electron chi connectivity index (χ4n) is 2.01. The molecule has 120 valence electrons. The number of hydrogen-bond acceptors (Lipinski definition) is 4. The van der Waals surface area contributed by atoms with Gasteiger partial charge in [0.25, 0.3) is 0 Å². The first-order valence-corrected chi connectivity index (χ1v) is 8.21. The summed E-state index contributed by atoms with van der Waals surface area (Å²) in [5.74, 6) is -0.478. The van der Waals surface area contributed by atoms with Gasteiger partial charge in [-0.15, -0.1) is 11.8 Å². The smallest absolute Gasteiger partial charge is 0.336 e. The molecule has 0 saturated heterocycles. The van der Waals surface area contributed by atoms with Crippen LogP contribution in [-0.2, 0) is 11.2 Å². The Balaban J connectivity index is 1.98. The van der Waals surface area contributed by atoms with Crippen LogP contribution < -0.4 is 5.32 Å². The van der Waals surface area contributed by atoms with Crippen molar-refractivity contribution in [2.75, 3.05) is 11.1 Å². The van der Waals surface area contributed by atoms with Gasteiger partial charge in [0.15, 0.2) is 0 Å². The van der Waals surface area contributed by atoms with Crippen molar-refractivity contribution in [3.05, 3.63) is 52.7 Å². The van der Waals surface area contributed by atoms with Crippen molar-refractivity contribution in [1.29, 1.82) is 0 Å². The van der Waals surface area contributed by atoms with E-state index in [1.165, 1.54) is 18.7 Å². The molecule has 0 fully saturated rings. The maximum Gasteiger partial charge on any atom is 0.336 e. The van der Waals surface area contributed by atoms with Crippen molar-refractivity contribution in [1.82, 2.24) is 4.98 Å². The third kappa shape index (κ3) is 4.97. The Morgan fingerprint density at radius 3 is 2.70 bits per heavy atom. The van der Waals surface area contributed by atoms with Gasteiger partial charge in [-0.3, -0.25) is 4.79 Å². The molecule has 23 heavy (non-hydrogen) atoms. The van der Waals surface area contributed by atoms with Gasteiger partial charge in [0.2, 0.25) is 5.91 Å². The Morgan fingerprint density at radius 1 is 1.30 bits per heavy atom. The first-order valence-electron chi connectivity index (χ1n) is 6.84. The highest BCUT2D eigenvalue weighted by Gasteiger charge is 2.12. The summed E-state index contributed by atoms with van der Waals surface area (Å²) >= 11 is 7.59. The summed E-state index contributed by atoms with van der Waals surface area (Å²) in [4.78, 5) is 26.4. The number of carbonyl (C=O) groups is 2. The van der Waals surface area contributed by atoms with Crippen LogP contribution >= 0.6 is 23.4 Å². The molecule has 1 aromatic carbocycles. The molecule has 0 spiro atoms. The number of halogens is 1. The summed E-state index contributed by atoms with van der Waals surface area (Å²) in [6, 6.07) is 8.45. The second-order valence-corrected chi connectivity index (χ2v) is 6.26. The number of anilines is 1. The van der Waals surface area contributed by atoms with E-state index in [0.717, 1.165) is 5.03 Å². The van der Waals surface area contributed by atoms with Crippen molar-refractivity contribution in [2.45, 2.75) is 18.4 Å². The molecule has 7 heteroatoms. The average molecular weight is 351 g/mol. The highest BCUT2D eigenvalue weighted by molar-refractivity contribution is 7.99. The van der Waals surface area contributed by atoms with Crippen LogP contribution in [-0.4, -0.2) is 27.7 Å². The minimum atomic E-state index is -0.981. The Kier molecular flexibility index (Phi) is 6.01. The number of aromatic carboxylic acids is 1. The number of benzene rings is 1. The molecule has 0 radical (unpaired) electrons. The fourth-order valence-corrected chi connectivity index (χ4v) is 3.09. The summed E-state index contributed by atoms with van der Waals surface area (Å²) < 4.78 is 0. The highest BCUT2D eigenvalue weighted by Crippen LogP contribution is 2.24. The molecule has 1 amide bonds. The predicted molar refractivity (Wildman–Crippen MR) is 91.4 cm³/mol. The van der Waals surface area contributed by atoms with Gasteiger partial charge in [-0.1, -0.05) is 17.7 Å². The Labute approximate surface area is 143 Å². The summed E-state index contributed by atoms with van der Waals surface area (Å²) in [5, 5.41) is 13.1. The van der Waals surface area contributed by atoms with Gasteiger partial charge in [0.05, 0.1) is 22.5 Å². The summed E-state index contributed by atoms with van der Waals surface area (Å²) in [6.45, 7) is 1.44. The number of nitrogens with one attached hydrogen (secondary N) is 1. The van der Waals surface area contributed by atoms with Gasteiger partial charge in [-0.2, -0.15) is 0 Å². The van der Waals surface area contributed by atoms with Crippen molar-refractivity contribution < 1.29 is 14.7 Å². The van der Waals surface area contributed by atoms with E-state index in [9.17, 15) is 14.7 Å². The quantitative estimate of drug-likeness (QED) is 0.776. The van der Waals surface area contributed by atoms with Crippen LogP contribution in [0.4, 0.5) is 5.69 Å². The van der Waals surface area contributed by atoms with E-state index in [2.05, 4.69) is 10.3 Å². The summed E-state index contributed by atoms with van der Waals surface area (Å²) in [5.41, 5.74) is 1.50. The number of nitrogens with zero attached hydrogens (tertiary/aromatic N) is 1. The normalized spacial score (nSPS) is 10.3. The predicted octanol–water partition coefficient (Wildman–Crippen LogP) is 3.73. The third-order valence-corrected chi connectivity index (χ3v) is 4.31. The molecule has 0 bridgehead atoms. The molecule has 5 nitrogen and oxygen atoms in total. The number of rotatable bonds is 6. The molecule has 0 aliphatic heterocycles. The molecule has 0 unspecified atom stereocenters. The zero-order chi connectivity index (χ0) is 16.8. The fraction of sp³-hybridized carbons (Fsp3) is 0.188. The Bertz CT molecular complexity index is 720. The van der Waals surface area contributed by atoms with E-state index < -0.39 is 5.97 Å². The maximum absolute atomic E-state index is 11.2. The van der Waals surface area contributed by atoms with Gasteiger partial charge in [0, 0.05) is 17.7 Å². The van der Waals surface area contributed by atoms with E-state index in [4.69, 9.17) is 11.6 Å². The van der Waals surface area contributed by atoms with Gasteiger partial charge in [-0.05, 0) is 36.2 Å². The maximum atomic E-state index is 11.2. The lowest BCUT2D eigenvalue weighted by molar-refractivity contribution is -0.114. The van der Waals surface area contributed by atoms with Crippen LogP contribution in [0.3, 0.4) is 0 Å². The van der Waals surface area contributed by atoms with Crippen LogP contribution in [0.15, 0.2) is 41.6 Å². The van der Waals surface area contributed by atoms with Crippen LogP contribution in [0.2, 0.25) is 5.02 Å². The van der Waals surface area contributed by atoms with Crippen LogP contribution in [0.5, 0.6) is 0 Å². The Hall–Kier alpha value is -2.05. The standard InChI is InChI=1S/C16H15ClN2O3S/c1-10(20)19-11-5-6-15(18-9-11)23-8-7-12-13(16(21)22)3-2-4-14(12)17/h2-6,9H,7-8H2,1H3,(H,19,20)(H,21,22). The molecule has 0 aliphatic rings. The van der Waals surface area contributed by atoms with E-state index in [1.807, 2.05) is 0 Å². The second kappa shape index (κ2) is 7.99. The van der Waals surface area contributed by atoms with E-state index in [0.29, 0.717) is 28.4 Å². The van der Waals surface area contributed by atoms with Crippen LogP contribution in [0, 0.1) is 0 Å². The molecule has 0 saturated carbocycles. The first-order chi connectivity index (χ1) is 11.0. The number of carbonyl (C=O) groups excluding carboxylic acids is 1. The minimum absolute atomic E-state index is 0.146. The Morgan fingerprint density at radius 2 is 2.09 bits per heavy atom. The lowest BCUT2D eigenvalue weighted by atomic mass is 10.1. The summed E-state index contributed by atoms with van der Waals surface area (Å²) in [7, 11) is 0. The molecule has 1 aromatic heterocycles. The number of carboxylic acid groups (broad SMARTS) is 1. The van der Waals surface area contributed by atoms with Gasteiger partial charge in [0.1, 0.15) is 0 Å². The molecule has 2 N–H and O–H groups in total. The number of amides is 1. The molecular weight excluding hydrogens is 336 g/mol. The van der Waals surface area contributed by atoms with E-state index in [-0.39, 0.29) is 11.5 Å². The molecule has 2 rings (SSSR count). The number of pyridine rings is 1. The monoisotopic (exact) mass is 350 g/mol. The third-order valence-electron chi connectivity index (χ3n) is 3.01. The number of hydrogen-bond donors (Lipinski definition) is 2. The van der Waals surface area contributed by atoms with Crippen molar-refractivity contribution in [3.8, 4) is 0 Å². The SMILES string of the molecule is CC(=O)Nc1ccc(SCCc2c(Cl)cccc2C(=O)O)nc1. The second-order valence-electron chi connectivity index (χ2n) is 4.74. The largest absolute Gasteiger partial charge is 0.478 e. The zero-order valence-electron chi connectivity index (χ0n) is 12.4. The summed E-state index contributed by atoms with van der Waals surface area (Å²) in [6.07, 6.45) is 2.11. The van der Waals surface area contributed by atoms with E-state index in [1.54, 1.807) is 36.5 Å². The number of aromatic nitrogens is 1. The van der Waals surface area contributed by atoms with Crippen LogP contribution in [0.25, 0.3) is 0 Å². The van der Waals surface area contributed by atoms with Gasteiger partial charge >= 0.3 is 5.97 Å². The molecule has 1 heterocycles. The lowest BCUT2D eigenvalue weighted by Gasteiger charge is -2.08. The van der Waals surface area contributed by atoms with E-state index >= 15 is 0 Å². The minimum Gasteiger partial charge on any atom is -0.478 e. The van der Waals surface area contributed by atoms with Gasteiger partial charge < -0.3 is 10.4 Å². The van der Waals surface area contributed by atoms with Crippen molar-refractivity contribution in [2.24, 2.45) is 0 Å². The highest BCUT2D eigenvalue weighted by atomic mass is 35.5. The number of carboxylic acids is 1. The zero-order valence-corrected chi connectivity index (χ0v) is 13.9. The topological polar surface area (TPSA) is 79.3 Å². The van der Waals surface area contributed by atoms with Crippen LogP contribution in [0.1, 0.15) is 22.8 Å². The number of thioether (sulfide) groups is 1. The van der Waals surface area contributed by atoms with Crippen molar-refractivity contribution >= 4 is 40.9 Å². The van der Waals surface area contributed by atoms with Crippen molar-refractivity contribution in [3.63, 3.8) is 0 Å². The van der Waals surface area contributed by atoms with Gasteiger partial charge in [-0.25, -0.2) is 9.78 Å². The first kappa shape index (κ1) is 17.3. The average Bonchev–Trinajstić information content (AvgIpc) is 2.49. The lowest BCUT2D eigenvalue weighted by Crippen LogP contribution is -2.06. The molecule has 0 aliphatic carbocycles. The molecular formula is C16H15ClN2O3S.